The number of benzene rings is 1. The predicted molar refractivity (Wildman–Crippen MR) is 137 cm³/mol. The number of aliphatic carboxylic acids is 2. The summed E-state index contributed by atoms with van der Waals surface area (Å²) in [6.45, 7) is 4.86. The number of nitrogens with two attached hydrogens (primary N) is 1. The molecule has 1 aromatic heterocycles. The molecule has 1 aromatic carbocycles. The van der Waals surface area contributed by atoms with Gasteiger partial charge in [0.05, 0.1) is 18.6 Å². The van der Waals surface area contributed by atoms with Crippen LogP contribution < -0.4 is 21.7 Å². The first-order valence-electron chi connectivity index (χ1n) is 12.2. The van der Waals surface area contributed by atoms with Gasteiger partial charge in [0.15, 0.2) is 0 Å². The van der Waals surface area contributed by atoms with Crippen LogP contribution in [0.15, 0.2) is 30.5 Å². The number of aromatic amines is 1. The molecule has 0 bridgehead atoms. The fourth-order valence-electron chi connectivity index (χ4n) is 3.81. The zero-order chi connectivity index (χ0) is 28.6. The second-order valence-corrected chi connectivity index (χ2v) is 9.26. The molecule has 3 amide bonds. The monoisotopic (exact) mass is 533 g/mol. The number of hydrogen-bond donors (Lipinski definition) is 8. The molecule has 0 saturated carbocycles. The molecule has 208 valence electrons. The van der Waals surface area contributed by atoms with Gasteiger partial charge in [0.25, 0.3) is 0 Å². The summed E-state index contributed by atoms with van der Waals surface area (Å²) in [5, 5.41) is 36.1. The van der Waals surface area contributed by atoms with Crippen LogP contribution in [0.5, 0.6) is 0 Å². The molecule has 9 N–H and O–H groups in total. The van der Waals surface area contributed by atoms with Crippen molar-refractivity contribution in [3.8, 4) is 0 Å². The Labute approximate surface area is 219 Å². The molecule has 0 radical (unpaired) electrons. The quantitative estimate of drug-likeness (QED) is 0.156. The number of carbonyl (C=O) groups is 5. The van der Waals surface area contributed by atoms with Crippen molar-refractivity contribution >= 4 is 40.6 Å². The molecule has 2 aromatic rings. The lowest BCUT2D eigenvalue weighted by atomic mass is 9.98. The van der Waals surface area contributed by atoms with Crippen LogP contribution in [0.4, 0.5) is 0 Å². The Morgan fingerprint density at radius 1 is 0.947 bits per heavy atom. The summed E-state index contributed by atoms with van der Waals surface area (Å²) in [7, 11) is 0. The van der Waals surface area contributed by atoms with E-state index in [0.717, 1.165) is 10.9 Å². The summed E-state index contributed by atoms with van der Waals surface area (Å²) >= 11 is 0. The summed E-state index contributed by atoms with van der Waals surface area (Å²) in [5.74, 6) is -5.74. The van der Waals surface area contributed by atoms with E-state index in [1.165, 1.54) is 6.92 Å². The topological polar surface area (TPSA) is 224 Å². The number of nitrogens with one attached hydrogen (secondary N) is 4. The van der Waals surface area contributed by atoms with Gasteiger partial charge in [-0.15, -0.1) is 0 Å². The minimum atomic E-state index is -1.78. The average Bonchev–Trinajstić information content (AvgIpc) is 3.27. The van der Waals surface area contributed by atoms with Crippen molar-refractivity contribution in [2.45, 2.75) is 70.3 Å². The highest BCUT2D eigenvalue weighted by molar-refractivity contribution is 5.95. The van der Waals surface area contributed by atoms with Crippen LogP contribution in [0.25, 0.3) is 10.9 Å². The maximum absolute atomic E-state index is 13.3. The van der Waals surface area contributed by atoms with Gasteiger partial charge in [0.2, 0.25) is 17.7 Å². The normalized spacial score (nSPS) is 15.9. The Hall–Kier alpha value is -3.97. The smallest absolute Gasteiger partial charge is 0.326 e. The number of fused-ring (bicyclic) bond motifs is 1. The van der Waals surface area contributed by atoms with Gasteiger partial charge in [-0.3, -0.25) is 19.2 Å². The van der Waals surface area contributed by atoms with Crippen molar-refractivity contribution in [3.63, 3.8) is 0 Å². The number of para-hydroxylation sites is 1. The minimum Gasteiger partial charge on any atom is -0.481 e. The Morgan fingerprint density at radius 3 is 2.16 bits per heavy atom. The standard InChI is InChI=1S/C25H35N5O8/c1-4-12(2)20(26)23(35)28-17(9-14-11-27-16-8-6-5-7-15(14)16)22(34)30-21(13(3)31)24(36)29-18(25(37)38)10-19(32)33/h5-8,11-13,17-18,20-21,27,31H,4,9-10,26H2,1-3H3,(H,28,35)(H,29,36)(H,30,34)(H,32,33)(H,37,38). The Balaban J connectivity index is 2.30. The fraction of sp³-hybridized carbons (Fsp3) is 0.480. The highest BCUT2D eigenvalue weighted by atomic mass is 16.4. The summed E-state index contributed by atoms with van der Waals surface area (Å²) in [5.41, 5.74) is 7.55. The molecule has 6 atom stereocenters. The Morgan fingerprint density at radius 2 is 1.58 bits per heavy atom. The number of rotatable bonds is 14. The number of aliphatic hydroxyl groups excluding tert-OH is 1. The lowest BCUT2D eigenvalue weighted by molar-refractivity contribution is -0.148. The van der Waals surface area contributed by atoms with E-state index in [4.69, 9.17) is 10.8 Å². The number of carbonyl (C=O) groups excluding carboxylic acids is 3. The SMILES string of the molecule is CCC(C)C(N)C(=O)NC(Cc1c[nH]c2ccccc12)C(=O)NC(C(=O)NC(CC(=O)O)C(=O)O)C(C)O. The third-order valence-corrected chi connectivity index (χ3v) is 6.35. The molecule has 0 saturated heterocycles. The lowest BCUT2D eigenvalue weighted by Crippen LogP contribution is -2.60. The molecule has 0 aliphatic heterocycles. The zero-order valence-electron chi connectivity index (χ0n) is 21.4. The van der Waals surface area contributed by atoms with Crippen molar-refractivity contribution < 1.29 is 39.3 Å². The Kier molecular flexibility index (Phi) is 10.8. The molecule has 13 nitrogen and oxygen atoms in total. The highest BCUT2D eigenvalue weighted by Gasteiger charge is 2.34. The van der Waals surface area contributed by atoms with Crippen LogP contribution in [0, 0.1) is 5.92 Å². The van der Waals surface area contributed by atoms with Gasteiger partial charge in [0, 0.05) is 23.5 Å². The summed E-state index contributed by atoms with van der Waals surface area (Å²) in [6.07, 6.45) is -0.0636. The van der Waals surface area contributed by atoms with E-state index in [2.05, 4.69) is 15.6 Å². The van der Waals surface area contributed by atoms with Crippen LogP contribution >= 0.6 is 0 Å². The number of amides is 3. The highest BCUT2D eigenvalue weighted by Crippen LogP contribution is 2.19. The van der Waals surface area contributed by atoms with Crippen LogP contribution in [0.3, 0.4) is 0 Å². The van der Waals surface area contributed by atoms with Gasteiger partial charge in [-0.1, -0.05) is 38.5 Å². The molecule has 6 unspecified atom stereocenters. The van der Waals surface area contributed by atoms with Crippen molar-refractivity contribution in [3.05, 3.63) is 36.0 Å². The number of hydrogen-bond acceptors (Lipinski definition) is 7. The van der Waals surface area contributed by atoms with Crippen LogP contribution in [0.2, 0.25) is 0 Å². The third kappa shape index (κ3) is 8.02. The van der Waals surface area contributed by atoms with E-state index in [9.17, 15) is 34.2 Å². The van der Waals surface area contributed by atoms with Crippen molar-refractivity contribution in [2.75, 3.05) is 0 Å². The second-order valence-electron chi connectivity index (χ2n) is 9.26. The summed E-state index contributed by atoms with van der Waals surface area (Å²) in [4.78, 5) is 64.3. The number of carboxylic acids is 2. The molecular formula is C25H35N5O8. The van der Waals surface area contributed by atoms with Crippen LogP contribution in [-0.4, -0.2) is 80.2 Å². The average molecular weight is 534 g/mol. The fourth-order valence-corrected chi connectivity index (χ4v) is 3.81. The maximum Gasteiger partial charge on any atom is 0.326 e. The van der Waals surface area contributed by atoms with E-state index < -0.39 is 66.4 Å². The van der Waals surface area contributed by atoms with Gasteiger partial charge in [-0.05, 0) is 24.5 Å². The van der Waals surface area contributed by atoms with E-state index in [0.29, 0.717) is 12.0 Å². The first kappa shape index (κ1) is 30.3. The molecule has 2 rings (SSSR count). The lowest BCUT2D eigenvalue weighted by Gasteiger charge is -2.27. The van der Waals surface area contributed by atoms with Crippen molar-refractivity contribution in [2.24, 2.45) is 11.7 Å². The van der Waals surface area contributed by atoms with Gasteiger partial charge in [-0.2, -0.15) is 0 Å². The van der Waals surface area contributed by atoms with Crippen LogP contribution in [-0.2, 0) is 30.4 Å². The van der Waals surface area contributed by atoms with Crippen molar-refractivity contribution in [1.29, 1.82) is 0 Å². The number of aromatic nitrogens is 1. The summed E-state index contributed by atoms with van der Waals surface area (Å²) in [6, 6.07) is 1.80. The number of H-pyrrole nitrogens is 1. The minimum absolute atomic E-state index is 0.0136. The first-order valence-corrected chi connectivity index (χ1v) is 12.2. The molecule has 0 aliphatic rings. The molecule has 0 spiro atoms. The molecule has 0 fully saturated rings. The number of carboxylic acid groups (broad SMARTS) is 2. The zero-order valence-corrected chi connectivity index (χ0v) is 21.4. The van der Waals surface area contributed by atoms with Gasteiger partial charge < -0.3 is 42.0 Å². The Bertz CT molecular complexity index is 1160. The predicted octanol–water partition coefficient (Wildman–Crippen LogP) is -0.522. The van der Waals surface area contributed by atoms with E-state index >= 15 is 0 Å². The van der Waals surface area contributed by atoms with E-state index in [1.54, 1.807) is 13.1 Å². The molecule has 13 heteroatoms. The molecule has 38 heavy (non-hydrogen) atoms. The van der Waals surface area contributed by atoms with Gasteiger partial charge >= 0.3 is 11.9 Å². The van der Waals surface area contributed by atoms with Crippen LogP contribution in [0.1, 0.15) is 39.2 Å². The molecule has 1 heterocycles. The first-order chi connectivity index (χ1) is 17.8. The summed E-state index contributed by atoms with van der Waals surface area (Å²) < 4.78 is 0. The van der Waals surface area contributed by atoms with E-state index in [1.807, 2.05) is 36.5 Å². The molecule has 0 aliphatic carbocycles. The van der Waals surface area contributed by atoms with Gasteiger partial charge in [0.1, 0.15) is 18.1 Å². The van der Waals surface area contributed by atoms with E-state index in [-0.39, 0.29) is 12.3 Å². The number of aliphatic hydroxyl groups is 1. The van der Waals surface area contributed by atoms with Crippen molar-refractivity contribution in [1.82, 2.24) is 20.9 Å². The second kappa shape index (κ2) is 13.5. The largest absolute Gasteiger partial charge is 0.481 e. The molecular weight excluding hydrogens is 498 g/mol. The third-order valence-electron chi connectivity index (χ3n) is 6.35. The maximum atomic E-state index is 13.3. The van der Waals surface area contributed by atoms with Gasteiger partial charge in [-0.25, -0.2) is 4.79 Å².